The number of benzene rings is 1. The molecule has 0 amide bonds. The van der Waals surface area contributed by atoms with Crippen molar-refractivity contribution < 1.29 is 9.53 Å². The van der Waals surface area contributed by atoms with E-state index in [9.17, 15) is 5.11 Å². The Bertz CT molecular complexity index is 405. The molecule has 0 bridgehead atoms. The van der Waals surface area contributed by atoms with Crippen molar-refractivity contribution in [2.45, 2.75) is 58.4 Å². The Morgan fingerprint density at radius 1 is 1.21 bits per heavy atom. The predicted octanol–water partition coefficient (Wildman–Crippen LogP) is 4.30. The van der Waals surface area contributed by atoms with Crippen LogP contribution in [-0.2, 0) is 10.8 Å². The topological polar surface area (TPSA) is 29.5 Å². The summed E-state index contributed by atoms with van der Waals surface area (Å²) >= 11 is 0. The van der Waals surface area contributed by atoms with Crippen molar-refractivity contribution in [1.29, 1.82) is 0 Å². The van der Waals surface area contributed by atoms with Crippen LogP contribution in [0.1, 0.15) is 44.9 Å². The van der Waals surface area contributed by atoms with E-state index in [1.54, 1.807) is 0 Å². The molecular weight excluding hydrogens is 252 g/mol. The van der Waals surface area contributed by atoms with Crippen LogP contribution in [0.4, 0.5) is 0 Å². The SMILES string of the molecule is C[C@H](O)c1ccccc1CCO[Si](C)(C)C(C)(C)C. The van der Waals surface area contributed by atoms with Crippen molar-refractivity contribution in [1.82, 2.24) is 0 Å². The second kappa shape index (κ2) is 6.20. The first kappa shape index (κ1) is 16.4. The van der Waals surface area contributed by atoms with E-state index in [0.717, 1.165) is 18.6 Å². The van der Waals surface area contributed by atoms with Gasteiger partial charge in [-0.3, -0.25) is 0 Å². The smallest absolute Gasteiger partial charge is 0.191 e. The van der Waals surface area contributed by atoms with Gasteiger partial charge in [-0.15, -0.1) is 0 Å². The molecule has 1 N–H and O–H groups in total. The van der Waals surface area contributed by atoms with Crippen LogP contribution in [0.25, 0.3) is 0 Å². The molecule has 1 atom stereocenters. The highest BCUT2D eigenvalue weighted by Crippen LogP contribution is 2.36. The van der Waals surface area contributed by atoms with E-state index < -0.39 is 14.4 Å². The summed E-state index contributed by atoms with van der Waals surface area (Å²) in [5.41, 5.74) is 2.21. The summed E-state index contributed by atoms with van der Waals surface area (Å²) in [6.45, 7) is 13.9. The van der Waals surface area contributed by atoms with Crippen molar-refractivity contribution in [2.24, 2.45) is 0 Å². The molecule has 0 aliphatic carbocycles. The summed E-state index contributed by atoms with van der Waals surface area (Å²) in [5.74, 6) is 0. The van der Waals surface area contributed by atoms with Crippen molar-refractivity contribution in [3.05, 3.63) is 35.4 Å². The summed E-state index contributed by atoms with van der Waals surface area (Å²) in [4.78, 5) is 0. The lowest BCUT2D eigenvalue weighted by atomic mass is 10.0. The van der Waals surface area contributed by atoms with Gasteiger partial charge in [0, 0.05) is 6.61 Å². The summed E-state index contributed by atoms with van der Waals surface area (Å²) in [6, 6.07) is 8.07. The molecule has 3 heteroatoms. The Labute approximate surface area is 118 Å². The first-order valence-electron chi connectivity index (χ1n) is 7.05. The Morgan fingerprint density at radius 2 is 1.79 bits per heavy atom. The van der Waals surface area contributed by atoms with Crippen LogP contribution in [0.3, 0.4) is 0 Å². The third-order valence-electron chi connectivity index (χ3n) is 4.15. The fraction of sp³-hybridized carbons (Fsp3) is 0.625. The molecule has 0 fully saturated rings. The molecule has 0 unspecified atom stereocenters. The minimum Gasteiger partial charge on any atom is -0.416 e. The molecule has 19 heavy (non-hydrogen) atoms. The predicted molar refractivity (Wildman–Crippen MR) is 83.9 cm³/mol. The second-order valence-electron chi connectivity index (χ2n) is 6.73. The van der Waals surface area contributed by atoms with Crippen LogP contribution < -0.4 is 0 Å². The Morgan fingerprint density at radius 3 is 2.32 bits per heavy atom. The van der Waals surface area contributed by atoms with E-state index in [1.165, 1.54) is 5.56 Å². The maximum atomic E-state index is 9.76. The molecule has 1 rings (SSSR count). The van der Waals surface area contributed by atoms with E-state index in [-0.39, 0.29) is 5.04 Å². The van der Waals surface area contributed by atoms with Gasteiger partial charge in [-0.2, -0.15) is 0 Å². The van der Waals surface area contributed by atoms with Gasteiger partial charge >= 0.3 is 0 Å². The average molecular weight is 280 g/mol. The number of hydrogen-bond donors (Lipinski definition) is 1. The molecule has 0 aliphatic heterocycles. The number of aliphatic hydroxyl groups excluding tert-OH is 1. The maximum Gasteiger partial charge on any atom is 0.191 e. The van der Waals surface area contributed by atoms with Crippen LogP contribution in [-0.4, -0.2) is 20.0 Å². The summed E-state index contributed by atoms with van der Waals surface area (Å²) in [6.07, 6.45) is 0.456. The minimum atomic E-state index is -1.67. The minimum absolute atomic E-state index is 0.247. The average Bonchev–Trinajstić information content (AvgIpc) is 2.27. The Balaban J connectivity index is 2.64. The lowest BCUT2D eigenvalue weighted by Crippen LogP contribution is -2.41. The number of aliphatic hydroxyl groups is 1. The monoisotopic (exact) mass is 280 g/mol. The second-order valence-corrected chi connectivity index (χ2v) is 11.5. The highest BCUT2D eigenvalue weighted by atomic mass is 28.4. The molecule has 1 aromatic carbocycles. The Hall–Kier alpha value is -0.643. The number of rotatable bonds is 5. The zero-order valence-corrected chi connectivity index (χ0v) is 14.2. The molecular formula is C16H28O2Si. The quantitative estimate of drug-likeness (QED) is 0.815. The van der Waals surface area contributed by atoms with Crippen LogP contribution >= 0.6 is 0 Å². The van der Waals surface area contributed by atoms with Gasteiger partial charge in [0.25, 0.3) is 0 Å². The molecule has 0 saturated heterocycles. The van der Waals surface area contributed by atoms with E-state index in [1.807, 2.05) is 25.1 Å². The first-order valence-corrected chi connectivity index (χ1v) is 9.96. The summed E-state index contributed by atoms with van der Waals surface area (Å²) in [5, 5.41) is 10.0. The first-order chi connectivity index (χ1) is 8.65. The van der Waals surface area contributed by atoms with Crippen LogP contribution in [0.15, 0.2) is 24.3 Å². The van der Waals surface area contributed by atoms with Gasteiger partial charge in [0.05, 0.1) is 6.10 Å². The standard InChI is InChI=1S/C16H28O2Si/c1-13(17)15-10-8-7-9-14(15)11-12-18-19(5,6)16(2,3)4/h7-10,13,17H,11-12H2,1-6H3/t13-/m0/s1. The fourth-order valence-electron chi connectivity index (χ4n) is 1.80. The number of hydrogen-bond acceptors (Lipinski definition) is 2. The molecule has 0 aromatic heterocycles. The Kier molecular flexibility index (Phi) is 5.36. The van der Waals surface area contributed by atoms with Crippen molar-refractivity contribution in [3.63, 3.8) is 0 Å². The zero-order chi connectivity index (χ0) is 14.7. The molecule has 1 aromatic rings. The molecule has 0 saturated carbocycles. The van der Waals surface area contributed by atoms with Crippen molar-refractivity contribution in [3.8, 4) is 0 Å². The molecule has 0 radical (unpaired) electrons. The van der Waals surface area contributed by atoms with E-state index in [0.29, 0.717) is 0 Å². The van der Waals surface area contributed by atoms with Crippen LogP contribution in [0.5, 0.6) is 0 Å². The third-order valence-corrected chi connectivity index (χ3v) is 8.68. The van der Waals surface area contributed by atoms with Gasteiger partial charge in [0.1, 0.15) is 0 Å². The summed E-state index contributed by atoms with van der Waals surface area (Å²) in [7, 11) is -1.67. The molecule has 0 aliphatic rings. The van der Waals surface area contributed by atoms with Crippen LogP contribution in [0.2, 0.25) is 18.1 Å². The lowest BCUT2D eigenvalue weighted by molar-refractivity contribution is 0.197. The highest BCUT2D eigenvalue weighted by molar-refractivity contribution is 6.74. The molecule has 108 valence electrons. The largest absolute Gasteiger partial charge is 0.416 e. The fourth-order valence-corrected chi connectivity index (χ4v) is 2.85. The van der Waals surface area contributed by atoms with Gasteiger partial charge in [0.15, 0.2) is 8.32 Å². The van der Waals surface area contributed by atoms with Crippen molar-refractivity contribution in [2.75, 3.05) is 6.61 Å². The molecule has 0 spiro atoms. The van der Waals surface area contributed by atoms with Crippen molar-refractivity contribution >= 4 is 8.32 Å². The molecule has 2 nitrogen and oxygen atoms in total. The third kappa shape index (κ3) is 4.44. The summed E-state index contributed by atoms with van der Waals surface area (Å²) < 4.78 is 6.19. The maximum absolute atomic E-state index is 9.76. The van der Waals surface area contributed by atoms with Gasteiger partial charge in [-0.25, -0.2) is 0 Å². The lowest BCUT2D eigenvalue weighted by Gasteiger charge is -2.36. The van der Waals surface area contributed by atoms with Gasteiger partial charge in [0.2, 0.25) is 0 Å². The van der Waals surface area contributed by atoms with Gasteiger partial charge in [-0.05, 0) is 42.6 Å². The highest BCUT2D eigenvalue weighted by Gasteiger charge is 2.36. The van der Waals surface area contributed by atoms with Gasteiger partial charge < -0.3 is 9.53 Å². The van der Waals surface area contributed by atoms with E-state index in [4.69, 9.17) is 4.43 Å². The van der Waals surface area contributed by atoms with Gasteiger partial charge in [-0.1, -0.05) is 45.0 Å². The normalized spacial score (nSPS) is 14.5. The zero-order valence-electron chi connectivity index (χ0n) is 13.2. The van der Waals surface area contributed by atoms with E-state index in [2.05, 4.69) is 39.9 Å². The van der Waals surface area contributed by atoms with Crippen LogP contribution in [0, 0.1) is 0 Å². The van der Waals surface area contributed by atoms with E-state index >= 15 is 0 Å². The molecule has 0 heterocycles.